The third-order valence-electron chi connectivity index (χ3n) is 7.95. The molecule has 0 saturated heterocycles. The van der Waals surface area contributed by atoms with Gasteiger partial charge in [0.1, 0.15) is 12.3 Å². The van der Waals surface area contributed by atoms with E-state index < -0.39 is 16.0 Å². The van der Waals surface area contributed by atoms with Gasteiger partial charge in [0.15, 0.2) is 0 Å². The molecule has 0 amide bonds. The van der Waals surface area contributed by atoms with Crippen molar-refractivity contribution >= 4 is 43.4 Å². The molecule has 4 aromatic carbocycles. The summed E-state index contributed by atoms with van der Waals surface area (Å²) in [6, 6.07) is 28.2. The molecule has 0 atom stereocenters. The Morgan fingerprint density at radius 1 is 0.913 bits per heavy atom. The molecule has 0 spiro atoms. The number of anilines is 1. The van der Waals surface area contributed by atoms with Crippen LogP contribution in [0.25, 0.3) is 21.7 Å². The zero-order chi connectivity index (χ0) is 32.5. The molecule has 2 aromatic heterocycles. The quantitative estimate of drug-likeness (QED) is 0.165. The first-order valence-corrected chi connectivity index (χ1v) is 16.7. The van der Waals surface area contributed by atoms with Gasteiger partial charge >= 0.3 is 5.97 Å². The van der Waals surface area contributed by atoms with Crippen molar-refractivity contribution in [1.82, 2.24) is 14.1 Å². The summed E-state index contributed by atoms with van der Waals surface area (Å²) in [6.07, 6.45) is 3.44. The van der Waals surface area contributed by atoms with E-state index in [0.717, 1.165) is 38.5 Å². The molecule has 0 saturated carbocycles. The number of hydrogen-bond donors (Lipinski definition) is 2. The Balaban J connectivity index is 1.38. The lowest BCUT2D eigenvalue weighted by Crippen LogP contribution is -2.24. The van der Waals surface area contributed by atoms with E-state index in [-0.39, 0.29) is 24.4 Å². The van der Waals surface area contributed by atoms with Crippen molar-refractivity contribution in [2.24, 2.45) is 5.73 Å². The van der Waals surface area contributed by atoms with E-state index in [1.165, 1.54) is 0 Å². The highest BCUT2D eigenvalue weighted by molar-refractivity contribution is 7.91. The van der Waals surface area contributed by atoms with Crippen LogP contribution in [-0.4, -0.2) is 28.5 Å². The van der Waals surface area contributed by atoms with Gasteiger partial charge in [0.05, 0.1) is 24.0 Å². The van der Waals surface area contributed by atoms with E-state index in [1.54, 1.807) is 24.7 Å². The van der Waals surface area contributed by atoms with Gasteiger partial charge in [0, 0.05) is 35.2 Å². The highest BCUT2D eigenvalue weighted by atomic mass is 32.2. The number of nitrogens with zero attached hydrogens (tertiary/aromatic N) is 3. The Labute approximate surface area is 268 Å². The molecule has 6 rings (SSSR count). The zero-order valence-electron chi connectivity index (χ0n) is 26.1. The topological polar surface area (TPSA) is 121 Å². The monoisotopic (exact) mass is 635 g/mol. The van der Waals surface area contributed by atoms with Crippen LogP contribution in [0.4, 0.5) is 5.69 Å². The second-order valence-electron chi connectivity index (χ2n) is 12.4. The molecule has 236 valence electrons. The largest absolute Gasteiger partial charge is 0.455 e. The summed E-state index contributed by atoms with van der Waals surface area (Å²) in [5, 5.41) is 2.68. The maximum atomic E-state index is 13.7. The van der Waals surface area contributed by atoms with Crippen molar-refractivity contribution in [2.45, 2.75) is 51.8 Å². The fourth-order valence-corrected chi connectivity index (χ4v) is 6.95. The Hall–Kier alpha value is -4.93. The first kappa shape index (κ1) is 31.1. The Kier molecular flexibility index (Phi) is 8.41. The Morgan fingerprint density at radius 3 is 2.43 bits per heavy atom. The number of rotatable bonds is 10. The van der Waals surface area contributed by atoms with Gasteiger partial charge < -0.3 is 19.6 Å². The van der Waals surface area contributed by atoms with Crippen LogP contribution in [0.2, 0.25) is 0 Å². The van der Waals surface area contributed by atoms with Gasteiger partial charge in [-0.1, -0.05) is 66.7 Å². The van der Waals surface area contributed by atoms with E-state index in [0.29, 0.717) is 23.5 Å². The number of hydrogen-bond acceptors (Lipinski definition) is 6. The molecular weight excluding hydrogens is 598 g/mol. The molecule has 0 bridgehead atoms. The number of sulfonamides is 1. The molecule has 9 nitrogen and oxygen atoms in total. The fraction of sp³-hybridized carbons (Fsp3) is 0.222. The second kappa shape index (κ2) is 12.5. The van der Waals surface area contributed by atoms with Crippen LogP contribution in [0.3, 0.4) is 0 Å². The smallest absolute Gasteiger partial charge is 0.355 e. The van der Waals surface area contributed by atoms with Gasteiger partial charge in [-0.15, -0.1) is 0 Å². The minimum absolute atomic E-state index is 0.0628. The molecular formula is C36H37N5O4S. The van der Waals surface area contributed by atoms with Crippen LogP contribution in [0.5, 0.6) is 0 Å². The summed E-state index contributed by atoms with van der Waals surface area (Å²) in [4.78, 5) is 18.0. The molecule has 0 aliphatic carbocycles. The molecule has 3 N–H and O–H groups in total. The number of carbonyl (C=O) groups excluding carboxylic acids is 1. The normalized spacial score (nSPS) is 12.1. The van der Waals surface area contributed by atoms with Gasteiger partial charge in [-0.25, -0.2) is 18.2 Å². The molecule has 0 radical (unpaired) electrons. The van der Waals surface area contributed by atoms with Gasteiger partial charge in [-0.05, 0) is 72.5 Å². The third-order valence-corrected chi connectivity index (χ3v) is 9.21. The number of aromatic nitrogens is 3. The molecule has 10 heteroatoms. The average molecular weight is 636 g/mol. The molecule has 2 heterocycles. The number of nitrogens with one attached hydrogen (secondary N) is 1. The van der Waals surface area contributed by atoms with Crippen molar-refractivity contribution in [3.63, 3.8) is 0 Å². The van der Waals surface area contributed by atoms with E-state index in [4.69, 9.17) is 10.5 Å². The molecule has 0 aliphatic heterocycles. The lowest BCUT2D eigenvalue weighted by molar-refractivity contribution is 0.0447. The Bertz CT molecular complexity index is 2140. The van der Waals surface area contributed by atoms with Gasteiger partial charge in [-0.3, -0.25) is 4.72 Å². The van der Waals surface area contributed by atoms with Gasteiger partial charge in [0.2, 0.25) is 10.0 Å². The van der Waals surface area contributed by atoms with E-state index in [2.05, 4.69) is 30.5 Å². The highest BCUT2D eigenvalue weighted by Gasteiger charge is 2.22. The van der Waals surface area contributed by atoms with Gasteiger partial charge in [-0.2, -0.15) is 0 Å². The number of esters is 1. The average Bonchev–Trinajstić information content (AvgIpc) is 3.65. The van der Waals surface area contributed by atoms with E-state index >= 15 is 0 Å². The number of imidazole rings is 1. The number of ether oxygens (including phenoxy) is 1. The first-order valence-electron chi connectivity index (χ1n) is 15.1. The van der Waals surface area contributed by atoms with Crippen molar-refractivity contribution in [1.29, 1.82) is 0 Å². The summed E-state index contributed by atoms with van der Waals surface area (Å²) in [7, 11) is -3.70. The molecule has 0 unspecified atom stereocenters. The van der Waals surface area contributed by atoms with Crippen LogP contribution >= 0.6 is 0 Å². The minimum Gasteiger partial charge on any atom is -0.455 e. The lowest BCUT2D eigenvalue weighted by Gasteiger charge is -2.23. The summed E-state index contributed by atoms with van der Waals surface area (Å²) >= 11 is 0. The van der Waals surface area contributed by atoms with Crippen molar-refractivity contribution < 1.29 is 17.9 Å². The highest BCUT2D eigenvalue weighted by Crippen LogP contribution is 2.30. The summed E-state index contributed by atoms with van der Waals surface area (Å²) < 4.78 is 38.9. The minimum atomic E-state index is -3.70. The van der Waals surface area contributed by atoms with Crippen LogP contribution in [-0.2, 0) is 45.7 Å². The lowest BCUT2D eigenvalue weighted by atomic mass is 10.0. The zero-order valence-corrected chi connectivity index (χ0v) is 26.9. The summed E-state index contributed by atoms with van der Waals surface area (Å²) in [5.74, 6) is -0.624. The third kappa shape index (κ3) is 6.68. The predicted octanol–water partition coefficient (Wildman–Crippen LogP) is 6.55. The van der Waals surface area contributed by atoms with E-state index in [1.807, 2.05) is 88.0 Å². The van der Waals surface area contributed by atoms with Crippen LogP contribution in [0.1, 0.15) is 53.6 Å². The molecule has 0 fully saturated rings. The molecule has 6 aromatic rings. The first-order chi connectivity index (χ1) is 22.0. The maximum Gasteiger partial charge on any atom is 0.355 e. The van der Waals surface area contributed by atoms with Gasteiger partial charge in [0.25, 0.3) is 0 Å². The van der Waals surface area contributed by atoms with Crippen LogP contribution in [0.15, 0.2) is 104 Å². The number of fused-ring (bicyclic) bond motifs is 2. The SMILES string of the molecule is CC(C)(C)n1cncc1COC(=O)c1cc2ccc(CN)cc2n1Cc1cc(NS(=O)(=O)Cc2ccccc2)cc2ccccc12. The summed E-state index contributed by atoms with van der Waals surface area (Å²) in [6.45, 7) is 6.89. The summed E-state index contributed by atoms with van der Waals surface area (Å²) in [5.41, 5.74) is 10.7. The molecule has 0 aliphatic rings. The second-order valence-corrected chi connectivity index (χ2v) is 14.1. The van der Waals surface area contributed by atoms with E-state index in [9.17, 15) is 13.2 Å². The van der Waals surface area contributed by atoms with Crippen LogP contribution < -0.4 is 10.5 Å². The van der Waals surface area contributed by atoms with Crippen molar-refractivity contribution in [3.05, 3.63) is 132 Å². The maximum absolute atomic E-state index is 13.7. The number of nitrogens with two attached hydrogens (primary N) is 1. The molecule has 46 heavy (non-hydrogen) atoms. The number of benzene rings is 4. The predicted molar refractivity (Wildman–Crippen MR) is 182 cm³/mol. The van der Waals surface area contributed by atoms with Crippen LogP contribution in [0, 0.1) is 0 Å². The Morgan fingerprint density at radius 2 is 1.67 bits per heavy atom. The standard InChI is InChI=1S/C36H37N5O4S/c1-36(2,3)41-24-38-20-31(41)22-45-35(42)34-18-28-14-13-26(19-37)15-33(28)40(34)21-29-17-30(16-27-11-7-8-12-32(27)29)39-46(43,44)23-25-9-5-4-6-10-25/h4-18,20,24,39H,19,21-23,37H2,1-3H3. The number of carbonyl (C=O) groups is 1. The van der Waals surface area contributed by atoms with Crippen molar-refractivity contribution in [2.75, 3.05) is 4.72 Å². The van der Waals surface area contributed by atoms with Crippen molar-refractivity contribution in [3.8, 4) is 0 Å². The fourth-order valence-electron chi connectivity index (χ4n) is 5.77.